The van der Waals surface area contributed by atoms with Gasteiger partial charge in [-0.2, -0.15) is 0 Å². The molecule has 0 bridgehead atoms. The molecule has 1 heterocycles. The monoisotopic (exact) mass is 291 g/mol. The topological polar surface area (TPSA) is 69.6 Å². The lowest BCUT2D eigenvalue weighted by molar-refractivity contribution is 0.0702. The summed E-state index contributed by atoms with van der Waals surface area (Å²) < 4.78 is 0. The highest BCUT2D eigenvalue weighted by Gasteiger charge is 2.10. The van der Waals surface area contributed by atoms with Gasteiger partial charge in [0.15, 0.2) is 0 Å². The van der Waals surface area contributed by atoms with E-state index in [0.717, 1.165) is 16.9 Å². The number of aromatic carboxylic acids is 1. The second kappa shape index (κ2) is 7.19. The average molecular weight is 291 g/mol. The third kappa shape index (κ3) is 4.16. The maximum atomic E-state index is 10.8. The number of hydrogen-bond acceptors (Lipinski definition) is 4. The lowest BCUT2D eigenvalue weighted by atomic mass is 10.1. The molecular weight excluding hydrogens is 274 g/mol. The molecular formula is C15H17NO3S. The molecule has 4 nitrogen and oxygen atoms in total. The van der Waals surface area contributed by atoms with Gasteiger partial charge in [-0.1, -0.05) is 30.3 Å². The summed E-state index contributed by atoms with van der Waals surface area (Å²) in [7, 11) is 0. The number of hydrogen-bond donors (Lipinski definition) is 3. The van der Waals surface area contributed by atoms with Crippen LogP contribution in [0.15, 0.2) is 42.5 Å². The molecule has 0 saturated carbocycles. The molecule has 0 amide bonds. The van der Waals surface area contributed by atoms with Crippen molar-refractivity contribution in [3.05, 3.63) is 57.8 Å². The Hall–Kier alpha value is -1.69. The molecule has 1 aromatic carbocycles. The van der Waals surface area contributed by atoms with Gasteiger partial charge < -0.3 is 15.5 Å². The quantitative estimate of drug-likeness (QED) is 0.731. The van der Waals surface area contributed by atoms with E-state index in [1.807, 2.05) is 30.3 Å². The predicted molar refractivity (Wildman–Crippen MR) is 79.1 cm³/mol. The van der Waals surface area contributed by atoms with Crippen LogP contribution in [0, 0.1) is 0 Å². The number of rotatable bonds is 7. The van der Waals surface area contributed by atoms with Crippen molar-refractivity contribution in [2.24, 2.45) is 0 Å². The molecule has 0 radical (unpaired) electrons. The van der Waals surface area contributed by atoms with Gasteiger partial charge >= 0.3 is 5.97 Å². The highest BCUT2D eigenvalue weighted by Crippen LogP contribution is 2.16. The second-order valence-corrected chi connectivity index (χ2v) is 5.69. The third-order valence-corrected chi connectivity index (χ3v) is 4.06. The van der Waals surface area contributed by atoms with E-state index in [4.69, 9.17) is 5.11 Å². The van der Waals surface area contributed by atoms with Crippen LogP contribution < -0.4 is 5.32 Å². The third-order valence-electron chi connectivity index (χ3n) is 2.98. The van der Waals surface area contributed by atoms with Crippen molar-refractivity contribution in [3.8, 4) is 0 Å². The molecule has 1 aromatic heterocycles. The van der Waals surface area contributed by atoms with E-state index in [1.54, 1.807) is 12.1 Å². The number of aliphatic hydroxyl groups excluding tert-OH is 1. The Bertz CT molecular complexity index is 553. The molecule has 2 rings (SSSR count). The first-order valence-corrected chi connectivity index (χ1v) is 7.21. The van der Waals surface area contributed by atoms with Crippen molar-refractivity contribution in [2.45, 2.75) is 19.0 Å². The molecule has 0 aliphatic rings. The molecule has 0 saturated heterocycles. The SMILES string of the molecule is O=C(O)c1ccc(CNC(CO)Cc2ccccc2)s1. The molecule has 1 unspecified atom stereocenters. The molecule has 106 valence electrons. The van der Waals surface area contributed by atoms with E-state index in [0.29, 0.717) is 11.4 Å². The highest BCUT2D eigenvalue weighted by atomic mass is 32.1. The van der Waals surface area contributed by atoms with Gasteiger partial charge in [0.2, 0.25) is 0 Å². The van der Waals surface area contributed by atoms with Gasteiger partial charge in [-0.15, -0.1) is 11.3 Å². The normalized spacial score (nSPS) is 12.2. The Balaban J connectivity index is 1.88. The predicted octanol–water partition coefficient (Wildman–Crippen LogP) is 2.14. The minimum atomic E-state index is -0.899. The molecule has 2 aromatic rings. The molecule has 5 heteroatoms. The van der Waals surface area contributed by atoms with E-state index < -0.39 is 5.97 Å². The summed E-state index contributed by atoms with van der Waals surface area (Å²) in [4.78, 5) is 12.1. The van der Waals surface area contributed by atoms with E-state index in [9.17, 15) is 9.90 Å². The van der Waals surface area contributed by atoms with Crippen molar-refractivity contribution in [1.29, 1.82) is 0 Å². The Morgan fingerprint density at radius 3 is 2.55 bits per heavy atom. The van der Waals surface area contributed by atoms with Crippen LogP contribution in [0.4, 0.5) is 0 Å². The van der Waals surface area contributed by atoms with Crippen LogP contribution in [-0.2, 0) is 13.0 Å². The minimum absolute atomic E-state index is 0.0345. The first kappa shape index (κ1) is 14.7. The van der Waals surface area contributed by atoms with Crippen LogP contribution in [-0.4, -0.2) is 28.8 Å². The van der Waals surface area contributed by atoms with Crippen molar-refractivity contribution in [2.75, 3.05) is 6.61 Å². The Kier molecular flexibility index (Phi) is 5.29. The van der Waals surface area contributed by atoms with Crippen LogP contribution in [0.25, 0.3) is 0 Å². The van der Waals surface area contributed by atoms with E-state index >= 15 is 0 Å². The largest absolute Gasteiger partial charge is 0.477 e. The molecule has 1 atom stereocenters. The molecule has 20 heavy (non-hydrogen) atoms. The zero-order valence-corrected chi connectivity index (χ0v) is 11.8. The maximum Gasteiger partial charge on any atom is 0.345 e. The van der Waals surface area contributed by atoms with Gasteiger partial charge in [0.25, 0.3) is 0 Å². The van der Waals surface area contributed by atoms with Crippen molar-refractivity contribution >= 4 is 17.3 Å². The standard InChI is InChI=1S/C15H17NO3S/c17-10-12(8-11-4-2-1-3-5-11)16-9-13-6-7-14(20-13)15(18)19/h1-7,12,16-17H,8-10H2,(H,18,19). The first-order chi connectivity index (χ1) is 9.69. The first-order valence-electron chi connectivity index (χ1n) is 6.39. The van der Waals surface area contributed by atoms with Gasteiger partial charge in [0, 0.05) is 17.5 Å². The summed E-state index contributed by atoms with van der Waals surface area (Å²) >= 11 is 1.26. The van der Waals surface area contributed by atoms with Crippen molar-refractivity contribution in [1.82, 2.24) is 5.32 Å². The van der Waals surface area contributed by atoms with Crippen LogP contribution in [0.5, 0.6) is 0 Å². The summed E-state index contributed by atoms with van der Waals surface area (Å²) in [6.45, 7) is 0.613. The van der Waals surface area contributed by atoms with E-state index in [2.05, 4.69) is 5.32 Å². The van der Waals surface area contributed by atoms with Crippen LogP contribution in [0.1, 0.15) is 20.1 Å². The maximum absolute atomic E-state index is 10.8. The number of carboxylic acids is 1. The van der Waals surface area contributed by atoms with Crippen LogP contribution >= 0.6 is 11.3 Å². The summed E-state index contributed by atoms with van der Waals surface area (Å²) in [5.74, 6) is -0.899. The average Bonchev–Trinajstić information content (AvgIpc) is 2.93. The number of nitrogens with one attached hydrogen (secondary N) is 1. The number of aliphatic hydroxyl groups is 1. The lowest BCUT2D eigenvalue weighted by Gasteiger charge is -2.15. The van der Waals surface area contributed by atoms with Crippen molar-refractivity contribution in [3.63, 3.8) is 0 Å². The number of carbonyl (C=O) groups is 1. The summed E-state index contributed by atoms with van der Waals surface area (Å²) in [5.41, 5.74) is 1.16. The minimum Gasteiger partial charge on any atom is -0.477 e. The van der Waals surface area contributed by atoms with Gasteiger partial charge in [-0.05, 0) is 24.1 Å². The van der Waals surface area contributed by atoms with Crippen LogP contribution in [0.3, 0.4) is 0 Å². The fraction of sp³-hybridized carbons (Fsp3) is 0.267. The number of benzene rings is 1. The van der Waals surface area contributed by atoms with Crippen LogP contribution in [0.2, 0.25) is 0 Å². The highest BCUT2D eigenvalue weighted by molar-refractivity contribution is 7.13. The van der Waals surface area contributed by atoms with Crippen molar-refractivity contribution < 1.29 is 15.0 Å². The van der Waals surface area contributed by atoms with E-state index in [-0.39, 0.29) is 12.6 Å². The Labute approximate surface area is 121 Å². The van der Waals surface area contributed by atoms with E-state index in [1.165, 1.54) is 11.3 Å². The Morgan fingerprint density at radius 1 is 1.20 bits per heavy atom. The summed E-state index contributed by atoms with van der Waals surface area (Å²) in [6, 6.07) is 13.3. The Morgan fingerprint density at radius 2 is 1.95 bits per heavy atom. The second-order valence-electron chi connectivity index (χ2n) is 4.52. The fourth-order valence-corrected chi connectivity index (χ4v) is 2.73. The molecule has 0 spiro atoms. The zero-order chi connectivity index (χ0) is 14.4. The molecule has 0 fully saturated rings. The lowest BCUT2D eigenvalue weighted by Crippen LogP contribution is -2.33. The smallest absolute Gasteiger partial charge is 0.345 e. The summed E-state index contributed by atoms with van der Waals surface area (Å²) in [5, 5.41) is 21.5. The molecule has 3 N–H and O–H groups in total. The van der Waals surface area contributed by atoms with Gasteiger partial charge in [-0.25, -0.2) is 4.79 Å². The molecule has 0 aliphatic heterocycles. The summed E-state index contributed by atoms with van der Waals surface area (Å²) in [6.07, 6.45) is 0.745. The van der Waals surface area contributed by atoms with Gasteiger partial charge in [0.1, 0.15) is 4.88 Å². The van der Waals surface area contributed by atoms with Gasteiger partial charge in [-0.3, -0.25) is 0 Å². The zero-order valence-electron chi connectivity index (χ0n) is 11.0. The number of carboxylic acid groups (broad SMARTS) is 1. The van der Waals surface area contributed by atoms with Gasteiger partial charge in [0.05, 0.1) is 6.61 Å². The number of thiophene rings is 1. The molecule has 0 aliphatic carbocycles. The fourth-order valence-electron chi connectivity index (χ4n) is 1.93.